The second-order valence-electron chi connectivity index (χ2n) is 5.16. The molecule has 0 saturated carbocycles. The first-order valence-electron chi connectivity index (χ1n) is 6.42. The lowest BCUT2D eigenvalue weighted by atomic mass is 9.83. The Kier molecular flexibility index (Phi) is 6.05. The summed E-state index contributed by atoms with van der Waals surface area (Å²) < 4.78 is 12.0. The van der Waals surface area contributed by atoms with Gasteiger partial charge in [0.05, 0.1) is 0 Å². The highest BCUT2D eigenvalue weighted by Gasteiger charge is 2.58. The third-order valence-corrected chi connectivity index (χ3v) is 5.82. The van der Waals surface area contributed by atoms with Crippen LogP contribution in [0.4, 0.5) is 0 Å². The van der Waals surface area contributed by atoms with Crippen molar-refractivity contribution in [2.75, 3.05) is 13.1 Å². The molecule has 108 valence electrons. The average molecular weight is 279 g/mol. The molecular formula is C12H26NO4P. The predicted molar refractivity (Wildman–Crippen MR) is 72.4 cm³/mol. The van der Waals surface area contributed by atoms with Gasteiger partial charge in [-0.2, -0.15) is 0 Å². The lowest BCUT2D eigenvalue weighted by molar-refractivity contribution is -0.137. The Labute approximate surface area is 110 Å². The van der Waals surface area contributed by atoms with Crippen LogP contribution in [0.1, 0.15) is 41.5 Å². The van der Waals surface area contributed by atoms with E-state index in [2.05, 4.69) is 0 Å². The molecule has 0 rings (SSSR count). The fraction of sp³-hybridized carbons (Fsp3) is 0.917. The highest BCUT2D eigenvalue weighted by atomic mass is 31.2. The van der Waals surface area contributed by atoms with Crippen molar-refractivity contribution in [3.8, 4) is 0 Å². The van der Waals surface area contributed by atoms with E-state index in [9.17, 15) is 19.1 Å². The molecule has 0 atom stereocenters. The van der Waals surface area contributed by atoms with Crippen molar-refractivity contribution < 1.29 is 19.1 Å². The first-order chi connectivity index (χ1) is 8.07. The summed E-state index contributed by atoms with van der Waals surface area (Å²) in [6.07, 6.45) is 0. The molecule has 0 heterocycles. The predicted octanol–water partition coefficient (Wildman–Crippen LogP) is 2.08. The molecule has 1 amide bonds. The Morgan fingerprint density at radius 1 is 1.11 bits per heavy atom. The molecule has 5 nitrogen and oxygen atoms in total. The van der Waals surface area contributed by atoms with Gasteiger partial charge in [0.1, 0.15) is 0 Å². The number of nitrogens with zero attached hydrogens (tertiary/aromatic N) is 1. The largest absolute Gasteiger partial charge is 0.342 e. The maximum atomic E-state index is 12.6. The van der Waals surface area contributed by atoms with Crippen LogP contribution in [0, 0.1) is 11.8 Å². The molecule has 0 fully saturated rings. The van der Waals surface area contributed by atoms with Crippen molar-refractivity contribution in [3.05, 3.63) is 0 Å². The van der Waals surface area contributed by atoms with Gasteiger partial charge in [-0.25, -0.2) is 0 Å². The average Bonchev–Trinajstić information content (AvgIpc) is 2.16. The van der Waals surface area contributed by atoms with E-state index in [0.29, 0.717) is 13.1 Å². The molecular weight excluding hydrogens is 253 g/mol. The van der Waals surface area contributed by atoms with Gasteiger partial charge in [-0.05, 0) is 25.7 Å². The summed E-state index contributed by atoms with van der Waals surface area (Å²) in [4.78, 5) is 33.6. The molecule has 0 unspecified atom stereocenters. The van der Waals surface area contributed by atoms with Gasteiger partial charge in [0, 0.05) is 13.1 Å². The molecule has 0 aromatic rings. The zero-order valence-corrected chi connectivity index (χ0v) is 13.1. The summed E-state index contributed by atoms with van der Waals surface area (Å²) in [6, 6.07) is 0. The Hall–Kier alpha value is -0.380. The third kappa shape index (κ3) is 2.79. The second kappa shape index (κ2) is 6.18. The van der Waals surface area contributed by atoms with E-state index in [1.165, 1.54) is 4.90 Å². The topological polar surface area (TPSA) is 77.8 Å². The molecule has 0 aromatic carbocycles. The fourth-order valence-corrected chi connectivity index (χ4v) is 4.46. The van der Waals surface area contributed by atoms with Crippen molar-refractivity contribution in [1.82, 2.24) is 4.90 Å². The van der Waals surface area contributed by atoms with E-state index in [1.54, 1.807) is 27.7 Å². The van der Waals surface area contributed by atoms with Crippen LogP contribution >= 0.6 is 7.60 Å². The molecule has 0 aliphatic heterocycles. The SMILES string of the molecule is CCN(CC)C(=O)C(C(C)C)(C(C)C)P(=O)(O)O. The second-order valence-corrected chi connectivity index (χ2v) is 6.98. The molecule has 6 heteroatoms. The van der Waals surface area contributed by atoms with Gasteiger partial charge >= 0.3 is 7.60 Å². The molecule has 2 N–H and O–H groups in total. The van der Waals surface area contributed by atoms with Gasteiger partial charge < -0.3 is 14.7 Å². The van der Waals surface area contributed by atoms with Gasteiger partial charge in [-0.3, -0.25) is 9.36 Å². The van der Waals surface area contributed by atoms with Gasteiger partial charge in [-0.1, -0.05) is 27.7 Å². The van der Waals surface area contributed by atoms with Crippen LogP contribution < -0.4 is 0 Å². The Morgan fingerprint density at radius 2 is 1.44 bits per heavy atom. The standard InChI is InChI=1S/C12H26NO4P/c1-7-13(8-2)11(14)12(9(3)4,10(5)6)18(15,16)17/h9-10H,7-8H2,1-6H3,(H2,15,16,17). The van der Waals surface area contributed by atoms with Crippen molar-refractivity contribution in [2.45, 2.75) is 46.7 Å². The Morgan fingerprint density at radius 3 is 1.61 bits per heavy atom. The Balaban J connectivity index is 5.90. The van der Waals surface area contributed by atoms with E-state index >= 15 is 0 Å². The van der Waals surface area contributed by atoms with Crippen LogP contribution in [0.3, 0.4) is 0 Å². The molecule has 18 heavy (non-hydrogen) atoms. The van der Waals surface area contributed by atoms with Crippen LogP contribution in [-0.2, 0) is 9.36 Å². The highest BCUT2D eigenvalue weighted by Crippen LogP contribution is 2.59. The molecule has 0 aromatic heterocycles. The van der Waals surface area contributed by atoms with Gasteiger partial charge in [-0.15, -0.1) is 0 Å². The number of hydrogen-bond donors (Lipinski definition) is 2. The number of amides is 1. The molecule has 0 saturated heterocycles. The molecule has 0 bridgehead atoms. The Bertz CT molecular complexity index is 323. The normalized spacial score (nSPS) is 13.2. The van der Waals surface area contributed by atoms with E-state index < -0.39 is 30.5 Å². The van der Waals surface area contributed by atoms with Crippen LogP contribution in [-0.4, -0.2) is 38.8 Å². The minimum atomic E-state index is -4.55. The summed E-state index contributed by atoms with van der Waals surface area (Å²) in [5, 5.41) is -1.63. The maximum absolute atomic E-state index is 12.6. The quantitative estimate of drug-likeness (QED) is 0.730. The lowest BCUT2D eigenvalue weighted by Crippen LogP contribution is -2.55. The van der Waals surface area contributed by atoms with E-state index in [0.717, 1.165) is 0 Å². The molecule has 0 radical (unpaired) electrons. The van der Waals surface area contributed by atoms with E-state index in [-0.39, 0.29) is 0 Å². The summed E-state index contributed by atoms with van der Waals surface area (Å²) in [5.74, 6) is -1.29. The van der Waals surface area contributed by atoms with Crippen molar-refractivity contribution in [2.24, 2.45) is 11.8 Å². The number of carbonyl (C=O) groups is 1. The summed E-state index contributed by atoms with van der Waals surface area (Å²) in [5.41, 5.74) is 0. The monoisotopic (exact) mass is 279 g/mol. The first kappa shape index (κ1) is 17.6. The number of hydrogen-bond acceptors (Lipinski definition) is 2. The summed E-state index contributed by atoms with van der Waals surface area (Å²) >= 11 is 0. The van der Waals surface area contributed by atoms with Gasteiger partial charge in [0.2, 0.25) is 5.91 Å². The third-order valence-electron chi connectivity index (χ3n) is 3.64. The van der Waals surface area contributed by atoms with Crippen LogP contribution in [0.2, 0.25) is 0 Å². The summed E-state index contributed by atoms with van der Waals surface area (Å²) in [6.45, 7) is 11.3. The zero-order valence-electron chi connectivity index (χ0n) is 12.2. The summed E-state index contributed by atoms with van der Waals surface area (Å²) in [7, 11) is -4.55. The fourth-order valence-electron chi connectivity index (χ4n) is 2.72. The number of rotatable bonds is 6. The van der Waals surface area contributed by atoms with Crippen molar-refractivity contribution in [3.63, 3.8) is 0 Å². The number of carbonyl (C=O) groups excluding carboxylic acids is 1. The van der Waals surface area contributed by atoms with Gasteiger partial charge in [0.25, 0.3) is 0 Å². The van der Waals surface area contributed by atoms with Crippen molar-refractivity contribution >= 4 is 13.5 Å². The first-order valence-corrected chi connectivity index (χ1v) is 8.03. The van der Waals surface area contributed by atoms with Crippen molar-refractivity contribution in [1.29, 1.82) is 0 Å². The maximum Gasteiger partial charge on any atom is 0.341 e. The van der Waals surface area contributed by atoms with Gasteiger partial charge in [0.15, 0.2) is 5.16 Å². The minimum Gasteiger partial charge on any atom is -0.342 e. The van der Waals surface area contributed by atoms with Crippen LogP contribution in [0.5, 0.6) is 0 Å². The smallest absolute Gasteiger partial charge is 0.341 e. The van der Waals surface area contributed by atoms with Crippen LogP contribution in [0.15, 0.2) is 0 Å². The zero-order chi connectivity index (χ0) is 14.7. The lowest BCUT2D eigenvalue weighted by Gasteiger charge is -2.42. The minimum absolute atomic E-state index is 0.425. The van der Waals surface area contributed by atoms with E-state index in [4.69, 9.17) is 0 Å². The highest BCUT2D eigenvalue weighted by molar-refractivity contribution is 7.54. The van der Waals surface area contributed by atoms with Crippen LogP contribution in [0.25, 0.3) is 0 Å². The molecule has 0 spiro atoms. The van der Waals surface area contributed by atoms with E-state index in [1.807, 2.05) is 13.8 Å². The molecule has 0 aliphatic carbocycles. The molecule has 0 aliphatic rings.